The molecule has 0 aliphatic rings. The zero-order valence-electron chi connectivity index (χ0n) is 9.11. The summed E-state index contributed by atoms with van der Waals surface area (Å²) in [7, 11) is 0. The molecule has 0 radical (unpaired) electrons. The molecule has 1 unspecified atom stereocenters. The zero-order valence-corrected chi connectivity index (χ0v) is 12.8. The number of aromatic nitrogens is 1. The Kier molecular flexibility index (Phi) is 4.53. The van der Waals surface area contributed by atoms with E-state index in [-0.39, 0.29) is 6.04 Å². The maximum atomic E-state index is 6.14. The van der Waals surface area contributed by atoms with Crippen LogP contribution in [-0.2, 0) is 6.42 Å². The molecular formula is C13H12BrIN2. The van der Waals surface area contributed by atoms with Gasteiger partial charge in [0.15, 0.2) is 0 Å². The van der Waals surface area contributed by atoms with Crippen molar-refractivity contribution >= 4 is 38.5 Å². The lowest BCUT2D eigenvalue weighted by atomic mass is 10.0. The third kappa shape index (κ3) is 3.76. The highest BCUT2D eigenvalue weighted by Crippen LogP contribution is 2.17. The molecular weight excluding hydrogens is 391 g/mol. The standard InChI is InChI=1S/C13H12BrIN2/c14-10-3-6-13(17-8-10)12(16)7-9-1-4-11(15)5-2-9/h1-6,8,12H,7,16H2. The first-order valence-corrected chi connectivity index (χ1v) is 7.14. The van der Waals surface area contributed by atoms with Crippen LogP contribution in [0.2, 0.25) is 0 Å². The van der Waals surface area contributed by atoms with Crippen LogP contribution in [0.25, 0.3) is 0 Å². The summed E-state index contributed by atoms with van der Waals surface area (Å²) >= 11 is 5.66. The Morgan fingerprint density at radius 2 is 1.88 bits per heavy atom. The van der Waals surface area contributed by atoms with Gasteiger partial charge < -0.3 is 5.73 Å². The molecule has 1 aromatic heterocycles. The summed E-state index contributed by atoms with van der Waals surface area (Å²) in [5, 5.41) is 0. The first-order chi connectivity index (χ1) is 8.15. The Hall–Kier alpha value is -0.460. The highest BCUT2D eigenvalue weighted by atomic mass is 127. The van der Waals surface area contributed by atoms with Crippen LogP contribution in [0.5, 0.6) is 0 Å². The van der Waals surface area contributed by atoms with Crippen molar-refractivity contribution in [3.63, 3.8) is 0 Å². The van der Waals surface area contributed by atoms with E-state index in [1.54, 1.807) is 6.20 Å². The normalized spacial score (nSPS) is 12.4. The third-order valence-corrected chi connectivity index (χ3v) is 3.69. The Balaban J connectivity index is 2.08. The molecule has 0 aliphatic heterocycles. The number of nitrogens with two attached hydrogens (primary N) is 1. The van der Waals surface area contributed by atoms with Gasteiger partial charge in [-0.15, -0.1) is 0 Å². The summed E-state index contributed by atoms with van der Waals surface area (Å²) in [5.74, 6) is 0. The largest absolute Gasteiger partial charge is 0.322 e. The molecule has 88 valence electrons. The molecule has 2 nitrogen and oxygen atoms in total. The fourth-order valence-corrected chi connectivity index (χ4v) is 2.18. The Bertz CT molecular complexity index is 482. The van der Waals surface area contributed by atoms with Gasteiger partial charge in [0.1, 0.15) is 0 Å². The molecule has 1 heterocycles. The van der Waals surface area contributed by atoms with Gasteiger partial charge in [0.2, 0.25) is 0 Å². The SMILES string of the molecule is NC(Cc1ccc(I)cc1)c1ccc(Br)cn1. The Labute approximate surface area is 123 Å². The van der Waals surface area contributed by atoms with Crippen molar-refractivity contribution < 1.29 is 0 Å². The topological polar surface area (TPSA) is 38.9 Å². The fourth-order valence-electron chi connectivity index (χ4n) is 1.59. The van der Waals surface area contributed by atoms with Crippen LogP contribution in [0.15, 0.2) is 47.1 Å². The van der Waals surface area contributed by atoms with E-state index in [0.29, 0.717) is 0 Å². The molecule has 1 aromatic carbocycles. The van der Waals surface area contributed by atoms with Gasteiger partial charge in [-0.3, -0.25) is 4.98 Å². The lowest BCUT2D eigenvalue weighted by Crippen LogP contribution is -2.14. The van der Waals surface area contributed by atoms with Crippen LogP contribution in [-0.4, -0.2) is 4.98 Å². The van der Waals surface area contributed by atoms with Crippen molar-refractivity contribution in [1.82, 2.24) is 4.98 Å². The quantitative estimate of drug-likeness (QED) is 0.795. The van der Waals surface area contributed by atoms with E-state index >= 15 is 0 Å². The van der Waals surface area contributed by atoms with Crippen molar-refractivity contribution in [1.29, 1.82) is 0 Å². The Morgan fingerprint density at radius 3 is 2.47 bits per heavy atom. The van der Waals surface area contributed by atoms with Gasteiger partial charge >= 0.3 is 0 Å². The second kappa shape index (κ2) is 5.93. The average Bonchev–Trinajstić information content (AvgIpc) is 2.33. The Morgan fingerprint density at radius 1 is 1.18 bits per heavy atom. The first kappa shape index (κ1) is 13.0. The van der Waals surface area contributed by atoms with Crippen LogP contribution in [0.1, 0.15) is 17.3 Å². The number of rotatable bonds is 3. The molecule has 0 saturated heterocycles. The molecule has 1 atom stereocenters. The van der Waals surface area contributed by atoms with Crippen LogP contribution >= 0.6 is 38.5 Å². The summed E-state index contributed by atoms with van der Waals surface area (Å²) in [6, 6.07) is 12.3. The molecule has 0 bridgehead atoms. The summed E-state index contributed by atoms with van der Waals surface area (Å²) in [6.45, 7) is 0. The highest BCUT2D eigenvalue weighted by molar-refractivity contribution is 14.1. The lowest BCUT2D eigenvalue weighted by molar-refractivity contribution is 0.696. The number of hydrogen-bond donors (Lipinski definition) is 1. The number of halogens is 2. The molecule has 2 rings (SSSR count). The second-order valence-electron chi connectivity index (χ2n) is 3.84. The van der Waals surface area contributed by atoms with E-state index in [0.717, 1.165) is 16.6 Å². The summed E-state index contributed by atoms with van der Waals surface area (Å²) in [4.78, 5) is 4.32. The van der Waals surface area contributed by atoms with E-state index in [4.69, 9.17) is 5.73 Å². The molecule has 0 saturated carbocycles. The third-order valence-electron chi connectivity index (χ3n) is 2.50. The van der Waals surface area contributed by atoms with E-state index in [9.17, 15) is 0 Å². The molecule has 2 N–H and O–H groups in total. The fraction of sp³-hybridized carbons (Fsp3) is 0.154. The van der Waals surface area contributed by atoms with Crippen molar-refractivity contribution in [2.45, 2.75) is 12.5 Å². The van der Waals surface area contributed by atoms with Crippen molar-refractivity contribution in [3.8, 4) is 0 Å². The molecule has 0 amide bonds. The van der Waals surface area contributed by atoms with Gasteiger partial charge in [-0.2, -0.15) is 0 Å². The second-order valence-corrected chi connectivity index (χ2v) is 6.00. The van der Waals surface area contributed by atoms with Gasteiger partial charge in [-0.05, 0) is 74.8 Å². The molecule has 0 spiro atoms. The maximum Gasteiger partial charge on any atom is 0.0575 e. The maximum absolute atomic E-state index is 6.14. The average molecular weight is 403 g/mol. The number of pyridine rings is 1. The summed E-state index contributed by atoms with van der Waals surface area (Å²) in [6.07, 6.45) is 2.59. The minimum absolute atomic E-state index is 0.0526. The zero-order chi connectivity index (χ0) is 12.3. The predicted molar refractivity (Wildman–Crippen MR) is 81.7 cm³/mol. The van der Waals surface area contributed by atoms with Crippen LogP contribution in [0.4, 0.5) is 0 Å². The summed E-state index contributed by atoms with van der Waals surface area (Å²) < 4.78 is 2.21. The summed E-state index contributed by atoms with van der Waals surface area (Å²) in [5.41, 5.74) is 8.30. The van der Waals surface area contributed by atoms with Gasteiger partial charge in [0.25, 0.3) is 0 Å². The van der Waals surface area contributed by atoms with Crippen LogP contribution in [0.3, 0.4) is 0 Å². The molecule has 4 heteroatoms. The van der Waals surface area contributed by atoms with E-state index in [1.807, 2.05) is 12.1 Å². The van der Waals surface area contributed by atoms with E-state index in [2.05, 4.69) is 67.8 Å². The van der Waals surface area contributed by atoms with Crippen molar-refractivity contribution in [2.24, 2.45) is 5.73 Å². The van der Waals surface area contributed by atoms with Gasteiger partial charge in [0.05, 0.1) is 11.7 Å². The minimum Gasteiger partial charge on any atom is -0.322 e. The molecule has 2 aromatic rings. The molecule has 0 aliphatic carbocycles. The van der Waals surface area contributed by atoms with Gasteiger partial charge in [-0.1, -0.05) is 12.1 Å². The molecule has 17 heavy (non-hydrogen) atoms. The highest BCUT2D eigenvalue weighted by Gasteiger charge is 2.08. The number of hydrogen-bond acceptors (Lipinski definition) is 2. The first-order valence-electron chi connectivity index (χ1n) is 5.26. The lowest BCUT2D eigenvalue weighted by Gasteiger charge is -2.11. The predicted octanol–water partition coefficient (Wildman–Crippen LogP) is 3.69. The van der Waals surface area contributed by atoms with Gasteiger partial charge in [-0.25, -0.2) is 0 Å². The van der Waals surface area contributed by atoms with Gasteiger partial charge in [0, 0.05) is 14.2 Å². The van der Waals surface area contributed by atoms with E-state index in [1.165, 1.54) is 9.13 Å². The van der Waals surface area contributed by atoms with E-state index < -0.39 is 0 Å². The smallest absolute Gasteiger partial charge is 0.0575 e. The van der Waals surface area contributed by atoms with Crippen LogP contribution < -0.4 is 5.73 Å². The molecule has 0 fully saturated rings. The minimum atomic E-state index is -0.0526. The monoisotopic (exact) mass is 402 g/mol. The number of benzene rings is 1. The van der Waals surface area contributed by atoms with Crippen molar-refractivity contribution in [3.05, 3.63) is 61.9 Å². The van der Waals surface area contributed by atoms with Crippen molar-refractivity contribution in [2.75, 3.05) is 0 Å². The van der Waals surface area contributed by atoms with Crippen LogP contribution in [0, 0.1) is 3.57 Å². The number of nitrogens with zero attached hydrogens (tertiary/aromatic N) is 1.